The minimum Gasteiger partial charge on any atom is -0.508 e. The van der Waals surface area contributed by atoms with Gasteiger partial charge in [0.2, 0.25) is 47.3 Å². The molecule has 0 bridgehead atoms. The Morgan fingerprint density at radius 2 is 1.07 bits per heavy atom. The van der Waals surface area contributed by atoms with Gasteiger partial charge in [-0.25, -0.2) is 0 Å². The van der Waals surface area contributed by atoms with Crippen LogP contribution in [-0.2, 0) is 81.7 Å². The van der Waals surface area contributed by atoms with Crippen molar-refractivity contribution in [1.82, 2.24) is 73.4 Å². The number of nitrogens with two attached hydrogens (primary N) is 2. The van der Waals surface area contributed by atoms with Crippen molar-refractivity contribution in [3.05, 3.63) is 221 Å². The number of H-pyrrole nitrogens is 2. The van der Waals surface area contributed by atoms with Crippen molar-refractivity contribution in [1.29, 1.82) is 5.41 Å². The topological polar surface area (TPSA) is 437 Å². The number of likely N-dealkylation sites (tertiary alicyclic amines) is 1. The van der Waals surface area contributed by atoms with Gasteiger partial charge in [0.25, 0.3) is 0 Å². The van der Waals surface area contributed by atoms with Crippen molar-refractivity contribution in [2.45, 2.75) is 177 Å². The number of rotatable bonds is 45. The van der Waals surface area contributed by atoms with Gasteiger partial charge in [-0.3, -0.25) is 48.6 Å². The summed E-state index contributed by atoms with van der Waals surface area (Å²) in [6.45, 7) is 6.04. The van der Waals surface area contributed by atoms with Crippen molar-refractivity contribution in [3.63, 3.8) is 0 Å². The van der Waals surface area contributed by atoms with Crippen LogP contribution >= 0.6 is 11.8 Å². The molecule has 1 saturated heterocycles. The van der Waals surface area contributed by atoms with Gasteiger partial charge in [-0.15, -0.1) is 0 Å². The summed E-state index contributed by atoms with van der Waals surface area (Å²) in [5, 5.41) is 63.9. The maximum atomic E-state index is 15.6. The molecule has 8 amide bonds. The fourth-order valence-electron chi connectivity index (χ4n) is 15.8. The zero-order valence-electron chi connectivity index (χ0n) is 67.8. The summed E-state index contributed by atoms with van der Waals surface area (Å²) in [6, 6.07) is 36.3. The molecule has 2 aromatic heterocycles. The van der Waals surface area contributed by atoms with E-state index >= 15 is 24.0 Å². The van der Waals surface area contributed by atoms with Gasteiger partial charge in [0.1, 0.15) is 48.0 Å². The number of Topliss-reactive ketones (excluding diaryl/α,β-unsaturated/α-hetero) is 1. The molecule has 1 aliphatic heterocycles. The van der Waals surface area contributed by atoms with Crippen LogP contribution in [0.4, 0.5) is 0 Å². The Kier molecular flexibility index (Phi) is 33.4. The van der Waals surface area contributed by atoms with Crippen molar-refractivity contribution in [2.24, 2.45) is 17.4 Å². The summed E-state index contributed by atoms with van der Waals surface area (Å²) in [5.41, 5.74) is 20.0. The number of hydrogen-bond acceptors (Lipinski definition) is 17. The monoisotopic (exact) mass is 1630 g/mol. The molecule has 0 unspecified atom stereocenters. The molecule has 628 valence electrons. The number of aromatic hydroxyl groups is 1. The van der Waals surface area contributed by atoms with Gasteiger partial charge < -0.3 is 95.0 Å². The molecule has 118 heavy (non-hydrogen) atoms. The second-order valence-electron chi connectivity index (χ2n) is 30.9. The highest BCUT2D eigenvalue weighted by Gasteiger charge is 2.41. The molecule has 0 radical (unpaired) electrons. The molecule has 0 spiro atoms. The van der Waals surface area contributed by atoms with Crippen LogP contribution < -0.4 is 70.0 Å². The Labute approximate surface area is 693 Å². The fraction of sp³-hybridized carbons (Fsp3) is 0.416. The molecule has 2 aliphatic rings. The number of aromatic nitrogens is 2. The van der Waals surface area contributed by atoms with E-state index in [4.69, 9.17) is 16.9 Å². The highest BCUT2D eigenvalue weighted by Crippen LogP contribution is 2.45. The van der Waals surface area contributed by atoms with E-state index in [1.54, 1.807) is 99.0 Å². The van der Waals surface area contributed by atoms with Crippen molar-refractivity contribution in [2.75, 3.05) is 51.8 Å². The predicted molar refractivity (Wildman–Crippen MR) is 460 cm³/mol. The SMILES string of the molecule is C/C=C(\N[C@H](C(=O)N[C@@H](Cc1ccccc1)C(C)=O)[C@@H](C)O)[C@H](CCCCN)NC(=O)[C@@H](Cc1c[nH]c2ccccc12)NC(=O)[C@H](Cc1ccccc1)NC(=O)[C@H](Cc1ccccc1)NC(=O)[C@H](CCCNC(=N)N)NC(=O)[C@@H](CCNC)NC(=O)[C@H](Cc1ccc(O)cc1)NC(=O)CSC[C@@H]1C[C@@H]2c3cccc4[nH]cc(c34)C[C@H]2N(C)C1. The van der Waals surface area contributed by atoms with Crippen LogP contribution in [0.5, 0.6) is 5.75 Å². The van der Waals surface area contributed by atoms with Gasteiger partial charge >= 0.3 is 0 Å². The standard InChI is InChI=1S/C89H115N17O11S/c1-6-67(98-81(55(3)108)88(117)102-73(54(2)107)43-56-22-10-7-11-23-56)69(31-18-19-39-90)99-87(116)77(47-61-49-95-68-30-17-16-28-64(61)68)105-86(115)76(45-58-26-14-9-15-27-58)104-85(114)75(44-57-24-12-8-13-25-57)103-82(111)71(33-21-40-94-89(91)92)100-83(112)72(38-41-93-4)101-84(113)74(46-59-34-36-63(109)37-35-59)97-79(110)53-118-52-60-42-66-65-29-20-32-70-80(65)62(50-96-70)48-78(66)106(5)51-60/h6-17,20,22-30,32,34-37,49-50,55,60,66,69,71-78,81,93,95-96,98,108-109H,18-19,21,31,33,38-48,51-53,90H2,1-5H3,(H,97,110)(H,99,116)(H,100,112)(H,101,113)(H,102,117)(H,103,111)(H,104,114)(H,105,115)(H4,91,92,94)/b67-6-/t55-,60-,66-,69+,71+,72-,73+,74+,75+,76+,77-,78-,81+/m1/s1. The maximum absolute atomic E-state index is 15.6. The molecule has 1 fully saturated rings. The Hall–Kier alpha value is -11.4. The number of aromatic amines is 2. The largest absolute Gasteiger partial charge is 0.508 e. The minimum absolute atomic E-state index is 0.00235. The molecule has 28 nitrogen and oxygen atoms in total. The van der Waals surface area contributed by atoms with Gasteiger partial charge in [-0.05, 0) is 181 Å². The molecule has 6 aromatic carbocycles. The number of aliphatic hydroxyl groups is 1. The van der Waals surface area contributed by atoms with E-state index in [2.05, 4.69) is 105 Å². The van der Waals surface area contributed by atoms with E-state index in [1.807, 2.05) is 54.6 Å². The molecule has 0 saturated carbocycles. The van der Waals surface area contributed by atoms with Crippen LogP contribution in [0.2, 0.25) is 0 Å². The number of phenols is 1. The number of amides is 8. The molecular formula is C89H115N17O11S. The van der Waals surface area contributed by atoms with E-state index in [1.165, 1.54) is 54.3 Å². The first-order valence-corrected chi connectivity index (χ1v) is 41.9. The van der Waals surface area contributed by atoms with Crippen LogP contribution in [0.15, 0.2) is 182 Å². The third-order valence-corrected chi connectivity index (χ3v) is 23.2. The number of carbonyl (C=O) groups is 9. The van der Waals surface area contributed by atoms with E-state index in [0.29, 0.717) is 65.0 Å². The third-order valence-electron chi connectivity index (χ3n) is 22.1. The molecular weight excluding hydrogens is 1520 g/mol. The van der Waals surface area contributed by atoms with E-state index in [9.17, 15) is 29.4 Å². The Balaban J connectivity index is 0.874. The second-order valence-corrected chi connectivity index (χ2v) is 32.0. The number of unbranched alkanes of at least 4 members (excludes halogenated alkanes) is 1. The number of allylic oxidation sites excluding steroid dienone is 1. The first kappa shape index (κ1) is 89.0. The molecule has 8 aromatic rings. The van der Waals surface area contributed by atoms with Gasteiger partial charge in [0.05, 0.1) is 23.9 Å². The number of piperidine rings is 1. The summed E-state index contributed by atoms with van der Waals surface area (Å²) in [4.78, 5) is 142. The molecule has 13 atom stereocenters. The lowest BCUT2D eigenvalue weighted by atomic mass is 9.73. The summed E-state index contributed by atoms with van der Waals surface area (Å²) < 4.78 is 0. The second kappa shape index (κ2) is 44.3. The number of guanidine groups is 1. The number of ketones is 1. The quantitative estimate of drug-likeness (QED) is 0.0136. The number of benzene rings is 6. The summed E-state index contributed by atoms with van der Waals surface area (Å²) in [5.74, 6) is -4.80. The minimum atomic E-state index is -1.44. The number of nitrogens with one attached hydrogen (secondary N) is 14. The summed E-state index contributed by atoms with van der Waals surface area (Å²) >= 11 is 1.50. The van der Waals surface area contributed by atoms with Crippen LogP contribution in [0.25, 0.3) is 21.8 Å². The highest BCUT2D eigenvalue weighted by molar-refractivity contribution is 7.99. The van der Waals surface area contributed by atoms with Crippen molar-refractivity contribution >= 4 is 92.6 Å². The van der Waals surface area contributed by atoms with Gasteiger partial charge in [0, 0.05) is 90.6 Å². The smallest absolute Gasteiger partial charge is 0.245 e. The molecule has 20 N–H and O–H groups in total. The number of fused-ring (bicyclic) bond motifs is 3. The van der Waals surface area contributed by atoms with Crippen LogP contribution in [0.3, 0.4) is 0 Å². The fourth-order valence-corrected chi connectivity index (χ4v) is 16.8. The summed E-state index contributed by atoms with van der Waals surface area (Å²) in [7, 11) is 3.85. The number of thioether (sulfide) groups is 1. The Morgan fingerprint density at radius 1 is 0.568 bits per heavy atom. The lowest BCUT2D eigenvalue weighted by Gasteiger charge is -2.45. The Bertz CT molecular complexity index is 4720. The van der Waals surface area contributed by atoms with Crippen LogP contribution in [0.1, 0.15) is 111 Å². The van der Waals surface area contributed by atoms with Crippen LogP contribution in [-0.4, -0.2) is 202 Å². The predicted octanol–water partition coefficient (Wildman–Crippen LogP) is 4.97. The number of aliphatic hydroxyl groups excluding tert-OH is 1. The number of nitrogens with zero attached hydrogens (tertiary/aromatic N) is 1. The third kappa shape index (κ3) is 25.6. The first-order chi connectivity index (χ1) is 56.9. The first-order valence-electron chi connectivity index (χ1n) is 40.7. The number of likely N-dealkylation sites (N-methyl/N-ethyl adjacent to an activating group) is 1. The van der Waals surface area contributed by atoms with Gasteiger partial charge in [-0.1, -0.05) is 140 Å². The lowest BCUT2D eigenvalue weighted by molar-refractivity contribution is -0.135. The van der Waals surface area contributed by atoms with Crippen molar-refractivity contribution in [3.8, 4) is 5.75 Å². The normalized spacial score (nSPS) is 17.1. The molecule has 3 heterocycles. The maximum Gasteiger partial charge on any atom is 0.245 e. The average molecular weight is 1630 g/mol. The van der Waals surface area contributed by atoms with Crippen LogP contribution in [0, 0.1) is 11.3 Å². The van der Waals surface area contributed by atoms with E-state index in [-0.39, 0.29) is 100 Å². The number of para-hydroxylation sites is 1. The number of phenolic OH excluding ortho intramolecular Hbond substituents is 1. The molecule has 29 heteroatoms. The van der Waals surface area contributed by atoms with Gasteiger partial charge in [-0.2, -0.15) is 11.8 Å². The highest BCUT2D eigenvalue weighted by atomic mass is 32.2. The van der Waals surface area contributed by atoms with Gasteiger partial charge in [0.15, 0.2) is 11.7 Å². The van der Waals surface area contributed by atoms with Crippen molar-refractivity contribution < 1.29 is 53.4 Å². The number of hydrogen-bond donors (Lipinski definition) is 18. The van der Waals surface area contributed by atoms with E-state index < -0.39 is 108 Å². The average Bonchev–Trinajstić information content (AvgIpc) is 1.51. The zero-order chi connectivity index (χ0) is 84.2. The molecule has 10 rings (SSSR count). The summed E-state index contributed by atoms with van der Waals surface area (Å²) in [6.07, 6.45) is 7.53. The van der Waals surface area contributed by atoms with E-state index in [0.717, 1.165) is 41.4 Å². The lowest BCUT2D eigenvalue weighted by Crippen LogP contribution is -2.61. The number of carbonyl (C=O) groups excluding carboxylic acids is 9. The Morgan fingerprint density at radius 3 is 1.64 bits per heavy atom. The molecule has 1 aliphatic carbocycles. The zero-order valence-corrected chi connectivity index (χ0v) is 68.6.